The molecule has 0 spiro atoms. The highest BCUT2D eigenvalue weighted by Crippen LogP contribution is 2.56. The number of aliphatic hydroxyl groups is 1. The molecule has 4 saturated carbocycles. The van der Waals surface area contributed by atoms with Gasteiger partial charge >= 0.3 is 0 Å². The molecule has 4 bridgehead atoms. The molecule has 7 rings (SSSR count). The van der Waals surface area contributed by atoms with E-state index in [4.69, 9.17) is 0 Å². The van der Waals surface area contributed by atoms with Crippen molar-refractivity contribution in [2.45, 2.75) is 50.3 Å². The number of carbonyl (C=O) groups excluding carboxylic acids is 1. The molecular weight excluding hydrogens is 407 g/mol. The fourth-order valence-corrected chi connectivity index (χ4v) is 6.60. The first-order valence-corrected chi connectivity index (χ1v) is 11.5. The van der Waals surface area contributed by atoms with Crippen LogP contribution in [0.3, 0.4) is 0 Å². The molecule has 0 saturated heterocycles. The van der Waals surface area contributed by atoms with E-state index in [1.54, 1.807) is 18.3 Å². The fourth-order valence-electron chi connectivity index (χ4n) is 6.60. The average molecular weight is 435 g/mol. The second-order valence-electron chi connectivity index (χ2n) is 9.96. The van der Waals surface area contributed by atoms with Crippen molar-refractivity contribution in [3.63, 3.8) is 0 Å². The number of benzene rings is 1. The maximum absolute atomic E-state index is 13.2. The Balaban J connectivity index is 1.28. The van der Waals surface area contributed by atoms with Gasteiger partial charge in [-0.25, -0.2) is 9.37 Å². The van der Waals surface area contributed by atoms with Gasteiger partial charge in [0.05, 0.1) is 16.9 Å². The predicted octanol–water partition coefficient (Wildman–Crippen LogP) is 3.98. The molecule has 1 amide bonds. The van der Waals surface area contributed by atoms with E-state index in [1.165, 1.54) is 12.1 Å². The van der Waals surface area contributed by atoms with Crippen LogP contribution in [0.15, 0.2) is 42.7 Å². The summed E-state index contributed by atoms with van der Waals surface area (Å²) in [5.74, 6) is 0.953. The second kappa shape index (κ2) is 7.30. The Morgan fingerprint density at radius 3 is 2.62 bits per heavy atom. The third-order valence-electron chi connectivity index (χ3n) is 7.75. The van der Waals surface area contributed by atoms with Gasteiger partial charge in [0.1, 0.15) is 11.5 Å². The molecule has 0 radical (unpaired) electrons. The van der Waals surface area contributed by atoms with Crippen molar-refractivity contribution in [2.24, 2.45) is 17.8 Å². The maximum Gasteiger partial charge on any atom is 0.255 e. The van der Waals surface area contributed by atoms with Gasteiger partial charge in [-0.05, 0) is 73.6 Å². The number of hydrogen-bond acceptors (Lipinski definition) is 4. The third-order valence-corrected chi connectivity index (χ3v) is 7.75. The van der Waals surface area contributed by atoms with Crippen LogP contribution in [0, 0.1) is 23.6 Å². The van der Waals surface area contributed by atoms with E-state index < -0.39 is 5.60 Å². The van der Waals surface area contributed by atoms with Crippen LogP contribution in [0.4, 0.5) is 10.1 Å². The average Bonchev–Trinajstić information content (AvgIpc) is 3.24. The molecule has 2 aromatic heterocycles. The molecule has 4 aliphatic carbocycles. The van der Waals surface area contributed by atoms with Gasteiger partial charge in [-0.2, -0.15) is 0 Å². The molecule has 4 aliphatic rings. The second-order valence-corrected chi connectivity index (χ2v) is 9.96. The van der Waals surface area contributed by atoms with Crippen molar-refractivity contribution in [1.82, 2.24) is 15.3 Å². The van der Waals surface area contributed by atoms with Gasteiger partial charge < -0.3 is 20.7 Å². The number of halogens is 1. The zero-order chi connectivity index (χ0) is 21.9. The Morgan fingerprint density at radius 1 is 1.16 bits per heavy atom. The first-order chi connectivity index (χ1) is 15.5. The van der Waals surface area contributed by atoms with Crippen LogP contribution in [0.5, 0.6) is 0 Å². The Bertz CT molecular complexity index is 1160. The normalized spacial score (nSPS) is 30.6. The Labute approximate surface area is 185 Å². The van der Waals surface area contributed by atoms with Crippen LogP contribution in [-0.2, 0) is 6.54 Å². The van der Waals surface area contributed by atoms with E-state index in [9.17, 15) is 14.3 Å². The summed E-state index contributed by atoms with van der Waals surface area (Å²) in [6.45, 7) is 0.313. The number of aromatic amines is 1. The summed E-state index contributed by atoms with van der Waals surface area (Å²) in [5.41, 5.74) is 2.39. The van der Waals surface area contributed by atoms with Gasteiger partial charge in [-0.3, -0.25) is 4.79 Å². The molecule has 4 fully saturated rings. The number of nitrogens with one attached hydrogen (secondary N) is 3. The lowest BCUT2D eigenvalue weighted by molar-refractivity contribution is -0.129. The first-order valence-electron chi connectivity index (χ1n) is 11.5. The smallest absolute Gasteiger partial charge is 0.255 e. The molecule has 0 aliphatic heterocycles. The molecule has 2 unspecified atom stereocenters. The molecular formula is C25H27FN4O2. The number of amides is 1. The monoisotopic (exact) mass is 434 g/mol. The minimum Gasteiger partial charge on any atom is -0.390 e. The summed E-state index contributed by atoms with van der Waals surface area (Å²) >= 11 is 0. The minimum absolute atomic E-state index is 0.213. The summed E-state index contributed by atoms with van der Waals surface area (Å²) in [7, 11) is 0. The number of H-pyrrole nitrogens is 1. The van der Waals surface area contributed by atoms with Gasteiger partial charge in [0.2, 0.25) is 0 Å². The SMILES string of the molecule is O=C(NCc1ccc(F)cc1)c1cnc2[nH]ccc2c1NC1C2CC3CC1CC(O)(C3)C2. The lowest BCUT2D eigenvalue weighted by atomic mass is 9.52. The highest BCUT2D eigenvalue weighted by Gasteiger charge is 2.54. The van der Waals surface area contributed by atoms with E-state index in [1.807, 2.05) is 12.3 Å². The largest absolute Gasteiger partial charge is 0.390 e. The zero-order valence-corrected chi connectivity index (χ0v) is 17.8. The fraction of sp³-hybridized carbons (Fsp3) is 0.440. The van der Waals surface area contributed by atoms with Crippen molar-refractivity contribution in [2.75, 3.05) is 5.32 Å². The molecule has 1 aromatic carbocycles. The molecule has 3 aromatic rings. The van der Waals surface area contributed by atoms with Gasteiger partial charge in [0.15, 0.2) is 0 Å². The van der Waals surface area contributed by atoms with E-state index in [-0.39, 0.29) is 17.8 Å². The lowest BCUT2D eigenvalue weighted by Crippen LogP contribution is -2.59. The summed E-state index contributed by atoms with van der Waals surface area (Å²) in [6.07, 6.45) is 8.36. The Morgan fingerprint density at radius 2 is 1.91 bits per heavy atom. The third kappa shape index (κ3) is 3.35. The molecule has 2 atom stereocenters. The van der Waals surface area contributed by atoms with Crippen molar-refractivity contribution < 1.29 is 14.3 Å². The minimum atomic E-state index is -0.494. The highest BCUT2D eigenvalue weighted by atomic mass is 19.1. The topological polar surface area (TPSA) is 90.0 Å². The molecule has 32 heavy (non-hydrogen) atoms. The predicted molar refractivity (Wildman–Crippen MR) is 120 cm³/mol. The van der Waals surface area contributed by atoms with Crippen LogP contribution in [0.25, 0.3) is 11.0 Å². The zero-order valence-electron chi connectivity index (χ0n) is 17.8. The van der Waals surface area contributed by atoms with Gasteiger partial charge in [-0.15, -0.1) is 0 Å². The van der Waals surface area contributed by atoms with E-state index in [0.717, 1.165) is 54.4 Å². The number of hydrogen-bond donors (Lipinski definition) is 4. The van der Waals surface area contributed by atoms with Crippen LogP contribution in [-0.4, -0.2) is 32.6 Å². The van der Waals surface area contributed by atoms with Crippen molar-refractivity contribution >= 4 is 22.6 Å². The Kier molecular flexibility index (Phi) is 4.50. The van der Waals surface area contributed by atoms with Gasteiger partial charge in [0, 0.05) is 30.4 Å². The summed E-state index contributed by atoms with van der Waals surface area (Å²) in [4.78, 5) is 20.7. The molecule has 4 N–H and O–H groups in total. The van der Waals surface area contributed by atoms with Gasteiger partial charge in [0.25, 0.3) is 5.91 Å². The number of pyridine rings is 1. The number of anilines is 1. The van der Waals surface area contributed by atoms with Gasteiger partial charge in [-0.1, -0.05) is 12.1 Å². The van der Waals surface area contributed by atoms with Crippen LogP contribution in [0.1, 0.15) is 48.0 Å². The van der Waals surface area contributed by atoms with Crippen molar-refractivity contribution in [3.05, 3.63) is 59.7 Å². The standard InChI is InChI=1S/C25H27FN4O2/c26-18-3-1-14(2-4-18)12-29-24(31)20-13-28-23-19(5-6-27-23)22(20)30-21-16-7-15-8-17(21)11-25(32,9-15)10-16/h1-6,13,15-17,21,32H,7-12H2,(H,29,31)(H2,27,28,30). The van der Waals surface area contributed by atoms with E-state index in [2.05, 4.69) is 20.6 Å². The molecule has 2 heterocycles. The van der Waals surface area contributed by atoms with Crippen LogP contribution < -0.4 is 10.6 Å². The summed E-state index contributed by atoms with van der Waals surface area (Å²) in [5, 5.41) is 18.5. The van der Waals surface area contributed by atoms with E-state index in [0.29, 0.717) is 29.9 Å². The number of nitrogens with zero attached hydrogens (tertiary/aromatic N) is 1. The quantitative estimate of drug-likeness (QED) is 0.489. The number of carbonyl (C=O) groups is 1. The number of fused-ring (bicyclic) bond motifs is 1. The first kappa shape index (κ1) is 19.7. The Hall–Kier alpha value is -2.93. The number of rotatable bonds is 5. The summed E-state index contributed by atoms with van der Waals surface area (Å²) < 4.78 is 13.2. The van der Waals surface area contributed by atoms with Crippen molar-refractivity contribution in [3.8, 4) is 0 Å². The molecule has 7 heteroatoms. The molecule has 6 nitrogen and oxygen atoms in total. The number of aromatic nitrogens is 2. The van der Waals surface area contributed by atoms with E-state index >= 15 is 0 Å². The molecule has 166 valence electrons. The van der Waals surface area contributed by atoms with Crippen molar-refractivity contribution in [1.29, 1.82) is 0 Å². The van der Waals surface area contributed by atoms with Crippen LogP contribution >= 0.6 is 0 Å². The maximum atomic E-state index is 13.2. The summed E-state index contributed by atoms with van der Waals surface area (Å²) in [6, 6.07) is 8.31. The highest BCUT2D eigenvalue weighted by molar-refractivity contribution is 6.06. The lowest BCUT2D eigenvalue weighted by Gasteiger charge is -2.58. The van der Waals surface area contributed by atoms with Crippen LogP contribution in [0.2, 0.25) is 0 Å².